The maximum atomic E-state index is 12.7. The van der Waals surface area contributed by atoms with Crippen molar-refractivity contribution in [1.82, 2.24) is 19.9 Å². The number of aromatic nitrogens is 4. The lowest BCUT2D eigenvalue weighted by Crippen LogP contribution is -2.12. The average Bonchev–Trinajstić information content (AvgIpc) is 2.75. The molecule has 0 aliphatic carbocycles. The highest BCUT2D eigenvalue weighted by atomic mass is 16.1. The Balaban J connectivity index is 1.57. The third kappa shape index (κ3) is 3.85. The summed E-state index contributed by atoms with van der Waals surface area (Å²) in [5.41, 5.74) is 3.95. The van der Waals surface area contributed by atoms with Crippen molar-refractivity contribution in [3.8, 4) is 22.8 Å². The van der Waals surface area contributed by atoms with Gasteiger partial charge in [0.1, 0.15) is 0 Å². The lowest BCUT2D eigenvalue weighted by Gasteiger charge is -2.08. The first kappa shape index (κ1) is 16.5. The summed E-state index contributed by atoms with van der Waals surface area (Å²) in [7, 11) is 0. The number of nitrogens with one attached hydrogen (secondary N) is 1. The monoisotopic (exact) mass is 353 g/mol. The van der Waals surface area contributed by atoms with Gasteiger partial charge in [-0.05, 0) is 48.5 Å². The minimum absolute atomic E-state index is 0.229. The number of nitrogens with zero attached hydrogens (tertiary/aromatic N) is 4. The first-order valence-electron chi connectivity index (χ1n) is 8.36. The van der Waals surface area contributed by atoms with Gasteiger partial charge in [-0.3, -0.25) is 24.7 Å². The zero-order valence-electron chi connectivity index (χ0n) is 14.3. The van der Waals surface area contributed by atoms with Crippen molar-refractivity contribution in [2.24, 2.45) is 0 Å². The molecular weight excluding hydrogens is 338 g/mol. The summed E-state index contributed by atoms with van der Waals surface area (Å²) in [6, 6.07) is 18.1. The van der Waals surface area contributed by atoms with Gasteiger partial charge in [-0.15, -0.1) is 0 Å². The second kappa shape index (κ2) is 7.53. The molecule has 6 heteroatoms. The van der Waals surface area contributed by atoms with Gasteiger partial charge >= 0.3 is 0 Å². The predicted molar refractivity (Wildman–Crippen MR) is 103 cm³/mol. The number of hydrogen-bond donors (Lipinski definition) is 1. The van der Waals surface area contributed by atoms with Crippen LogP contribution in [0.25, 0.3) is 22.8 Å². The van der Waals surface area contributed by atoms with Crippen LogP contribution < -0.4 is 5.32 Å². The predicted octanol–water partition coefficient (Wildman–Crippen LogP) is 3.85. The van der Waals surface area contributed by atoms with Gasteiger partial charge in [-0.1, -0.05) is 12.1 Å². The molecule has 6 nitrogen and oxygen atoms in total. The van der Waals surface area contributed by atoms with Crippen LogP contribution in [0.1, 0.15) is 10.4 Å². The Morgan fingerprint density at radius 1 is 0.630 bits per heavy atom. The molecule has 4 aromatic rings. The van der Waals surface area contributed by atoms with Crippen molar-refractivity contribution in [2.75, 3.05) is 5.32 Å². The lowest BCUT2D eigenvalue weighted by molar-refractivity contribution is 0.102. The van der Waals surface area contributed by atoms with E-state index in [1.54, 1.807) is 49.1 Å². The van der Waals surface area contributed by atoms with Crippen molar-refractivity contribution < 1.29 is 4.79 Å². The molecule has 0 spiro atoms. The van der Waals surface area contributed by atoms with Crippen LogP contribution in [0.3, 0.4) is 0 Å². The molecule has 1 N–H and O–H groups in total. The molecule has 4 aromatic heterocycles. The topological polar surface area (TPSA) is 80.7 Å². The van der Waals surface area contributed by atoms with Gasteiger partial charge in [0.2, 0.25) is 0 Å². The fourth-order valence-electron chi connectivity index (χ4n) is 2.59. The van der Waals surface area contributed by atoms with Crippen LogP contribution in [0.4, 0.5) is 5.69 Å². The molecule has 27 heavy (non-hydrogen) atoms. The Kier molecular flexibility index (Phi) is 4.61. The van der Waals surface area contributed by atoms with E-state index in [-0.39, 0.29) is 5.91 Å². The standard InChI is InChI=1S/C21H15N5O/c27-21(15-7-11-24-19(13-15)17-5-1-3-9-22-17)26-16-8-12-25-20(14-16)18-6-2-4-10-23-18/h1-14H,(H,25,26,27). The SMILES string of the molecule is O=C(Nc1ccnc(-c2ccccn2)c1)c1ccnc(-c2ccccn2)c1. The van der Waals surface area contributed by atoms with Crippen molar-refractivity contribution in [2.45, 2.75) is 0 Å². The molecule has 0 aliphatic rings. The van der Waals surface area contributed by atoms with Gasteiger partial charge in [0, 0.05) is 36.0 Å². The maximum Gasteiger partial charge on any atom is 0.255 e. The molecule has 4 rings (SSSR count). The second-order valence-electron chi connectivity index (χ2n) is 5.74. The smallest absolute Gasteiger partial charge is 0.255 e. The van der Waals surface area contributed by atoms with E-state index < -0.39 is 0 Å². The van der Waals surface area contributed by atoms with E-state index in [2.05, 4.69) is 25.3 Å². The molecule has 4 heterocycles. The Morgan fingerprint density at radius 2 is 1.22 bits per heavy atom. The van der Waals surface area contributed by atoms with Crippen molar-refractivity contribution >= 4 is 11.6 Å². The molecule has 0 bridgehead atoms. The highest BCUT2D eigenvalue weighted by Crippen LogP contribution is 2.19. The van der Waals surface area contributed by atoms with E-state index in [4.69, 9.17) is 0 Å². The molecule has 0 unspecified atom stereocenters. The molecule has 1 amide bonds. The number of carbonyl (C=O) groups is 1. The minimum Gasteiger partial charge on any atom is -0.322 e. The summed E-state index contributed by atoms with van der Waals surface area (Å²) >= 11 is 0. The Morgan fingerprint density at radius 3 is 1.85 bits per heavy atom. The largest absolute Gasteiger partial charge is 0.322 e. The zero-order chi connectivity index (χ0) is 18.5. The summed E-state index contributed by atoms with van der Waals surface area (Å²) in [6.45, 7) is 0. The molecule has 130 valence electrons. The Hall–Kier alpha value is -3.93. The van der Waals surface area contributed by atoms with Gasteiger partial charge in [-0.25, -0.2) is 0 Å². The van der Waals surface area contributed by atoms with Crippen molar-refractivity contribution in [3.05, 3.63) is 91.0 Å². The fourth-order valence-corrected chi connectivity index (χ4v) is 2.59. The minimum atomic E-state index is -0.229. The summed E-state index contributed by atoms with van der Waals surface area (Å²) in [5.74, 6) is -0.229. The van der Waals surface area contributed by atoms with Gasteiger partial charge in [-0.2, -0.15) is 0 Å². The number of carbonyl (C=O) groups excluding carboxylic acids is 1. The third-order valence-corrected chi connectivity index (χ3v) is 3.89. The zero-order valence-corrected chi connectivity index (χ0v) is 14.3. The second-order valence-corrected chi connectivity index (χ2v) is 5.74. The molecule has 0 atom stereocenters. The molecule has 0 saturated carbocycles. The highest BCUT2D eigenvalue weighted by molar-refractivity contribution is 6.04. The third-order valence-electron chi connectivity index (χ3n) is 3.89. The molecule has 0 saturated heterocycles. The van der Waals surface area contributed by atoms with E-state index in [1.165, 1.54) is 0 Å². The van der Waals surface area contributed by atoms with Crippen molar-refractivity contribution in [1.29, 1.82) is 0 Å². The van der Waals surface area contributed by atoms with Gasteiger partial charge in [0.25, 0.3) is 5.91 Å². The van der Waals surface area contributed by atoms with E-state index in [0.717, 1.165) is 5.69 Å². The average molecular weight is 353 g/mol. The van der Waals surface area contributed by atoms with E-state index in [1.807, 2.05) is 36.4 Å². The Labute approximate surface area is 156 Å². The summed E-state index contributed by atoms with van der Waals surface area (Å²) in [5, 5.41) is 2.89. The normalized spacial score (nSPS) is 10.4. The molecule has 0 aliphatic heterocycles. The van der Waals surface area contributed by atoms with Crippen LogP contribution in [0.15, 0.2) is 85.5 Å². The maximum absolute atomic E-state index is 12.7. The van der Waals surface area contributed by atoms with Gasteiger partial charge < -0.3 is 5.32 Å². The number of rotatable bonds is 4. The van der Waals surface area contributed by atoms with Crippen LogP contribution in [0, 0.1) is 0 Å². The summed E-state index contributed by atoms with van der Waals surface area (Å²) < 4.78 is 0. The summed E-state index contributed by atoms with van der Waals surface area (Å²) in [4.78, 5) is 29.8. The quantitative estimate of drug-likeness (QED) is 0.603. The number of pyridine rings is 4. The van der Waals surface area contributed by atoms with Gasteiger partial charge in [0.15, 0.2) is 0 Å². The van der Waals surface area contributed by atoms with Crippen molar-refractivity contribution in [3.63, 3.8) is 0 Å². The van der Waals surface area contributed by atoms with E-state index in [0.29, 0.717) is 28.3 Å². The molecular formula is C21H15N5O. The van der Waals surface area contributed by atoms with Gasteiger partial charge in [0.05, 0.1) is 22.8 Å². The van der Waals surface area contributed by atoms with Crippen LogP contribution in [0.5, 0.6) is 0 Å². The Bertz CT molecular complexity index is 1070. The molecule has 0 aromatic carbocycles. The molecule has 0 fully saturated rings. The summed E-state index contributed by atoms with van der Waals surface area (Å²) in [6.07, 6.45) is 6.65. The first-order chi connectivity index (χ1) is 13.3. The first-order valence-corrected chi connectivity index (χ1v) is 8.36. The number of amides is 1. The lowest BCUT2D eigenvalue weighted by atomic mass is 10.1. The number of hydrogen-bond acceptors (Lipinski definition) is 5. The van der Waals surface area contributed by atoms with Crippen LogP contribution in [-0.2, 0) is 0 Å². The van der Waals surface area contributed by atoms with E-state index >= 15 is 0 Å². The highest BCUT2D eigenvalue weighted by Gasteiger charge is 2.10. The fraction of sp³-hybridized carbons (Fsp3) is 0. The van der Waals surface area contributed by atoms with Crippen LogP contribution >= 0.6 is 0 Å². The number of anilines is 1. The van der Waals surface area contributed by atoms with E-state index in [9.17, 15) is 4.79 Å². The van der Waals surface area contributed by atoms with Crippen LogP contribution in [0.2, 0.25) is 0 Å². The molecule has 0 radical (unpaired) electrons. The van der Waals surface area contributed by atoms with Crippen LogP contribution in [-0.4, -0.2) is 25.8 Å².